The van der Waals surface area contributed by atoms with Crippen LogP contribution in [0.2, 0.25) is 0 Å². The van der Waals surface area contributed by atoms with E-state index in [0.29, 0.717) is 5.41 Å². The number of aromatic nitrogens is 2. The van der Waals surface area contributed by atoms with E-state index in [2.05, 4.69) is 56.4 Å². The zero-order valence-electron chi connectivity index (χ0n) is 11.1. The van der Waals surface area contributed by atoms with E-state index in [1.807, 2.05) is 10.9 Å². The molecule has 0 aliphatic rings. The fourth-order valence-corrected chi connectivity index (χ4v) is 1.25. The van der Waals surface area contributed by atoms with Crippen LogP contribution >= 0.6 is 0 Å². The molecular formula is C12H24N4. The number of nitrogens with one attached hydrogen (secondary N) is 1. The molecule has 0 aliphatic heterocycles. The molecule has 0 saturated carbocycles. The minimum atomic E-state index is 0.297. The third-order valence-corrected chi connectivity index (χ3v) is 2.23. The summed E-state index contributed by atoms with van der Waals surface area (Å²) in [5.41, 5.74) is 1.40. The van der Waals surface area contributed by atoms with Crippen molar-refractivity contribution in [1.29, 1.82) is 0 Å². The number of likely N-dealkylation sites (N-methyl/N-ethyl adjacent to an activating group) is 1. The second-order valence-corrected chi connectivity index (χ2v) is 5.71. The third-order valence-electron chi connectivity index (χ3n) is 2.23. The summed E-state index contributed by atoms with van der Waals surface area (Å²) in [5.74, 6) is 0. The lowest BCUT2D eigenvalue weighted by Crippen LogP contribution is -2.19. The van der Waals surface area contributed by atoms with Crippen LogP contribution in [-0.2, 0) is 6.54 Å². The Kier molecular flexibility index (Phi) is 4.35. The van der Waals surface area contributed by atoms with Crippen molar-refractivity contribution in [2.75, 3.05) is 32.5 Å². The first-order chi connectivity index (χ1) is 7.37. The van der Waals surface area contributed by atoms with E-state index in [9.17, 15) is 0 Å². The van der Waals surface area contributed by atoms with E-state index in [-0.39, 0.29) is 0 Å². The van der Waals surface area contributed by atoms with Gasteiger partial charge in [0.25, 0.3) is 0 Å². The number of hydrogen-bond donors (Lipinski definition) is 1. The zero-order valence-corrected chi connectivity index (χ0v) is 11.1. The summed E-state index contributed by atoms with van der Waals surface area (Å²) in [7, 11) is 4.14. The van der Waals surface area contributed by atoms with E-state index in [0.717, 1.165) is 25.3 Å². The molecule has 0 aromatic carbocycles. The number of hydrogen-bond acceptors (Lipinski definition) is 3. The molecule has 0 spiro atoms. The summed E-state index contributed by atoms with van der Waals surface area (Å²) in [6.45, 7) is 9.57. The van der Waals surface area contributed by atoms with Gasteiger partial charge in [-0.25, -0.2) is 0 Å². The quantitative estimate of drug-likeness (QED) is 0.829. The molecule has 0 saturated heterocycles. The van der Waals surface area contributed by atoms with Crippen LogP contribution in [0.15, 0.2) is 12.4 Å². The molecule has 0 fully saturated rings. The van der Waals surface area contributed by atoms with Crippen LogP contribution in [0.1, 0.15) is 20.8 Å². The normalized spacial score (nSPS) is 12.1. The Bertz CT molecular complexity index is 309. The van der Waals surface area contributed by atoms with Crippen LogP contribution in [0.5, 0.6) is 0 Å². The van der Waals surface area contributed by atoms with Gasteiger partial charge in [0.1, 0.15) is 0 Å². The lowest BCUT2D eigenvalue weighted by Gasteiger charge is -2.18. The highest BCUT2D eigenvalue weighted by Crippen LogP contribution is 2.14. The monoisotopic (exact) mass is 224 g/mol. The average molecular weight is 224 g/mol. The van der Waals surface area contributed by atoms with Gasteiger partial charge in [-0.05, 0) is 19.5 Å². The maximum atomic E-state index is 4.32. The molecule has 4 heteroatoms. The smallest absolute Gasteiger partial charge is 0.0726 e. The minimum Gasteiger partial charge on any atom is -0.382 e. The Morgan fingerprint density at radius 1 is 1.38 bits per heavy atom. The molecule has 92 valence electrons. The number of anilines is 1. The summed E-state index contributed by atoms with van der Waals surface area (Å²) in [5, 5.41) is 7.71. The Morgan fingerprint density at radius 2 is 2.06 bits per heavy atom. The Labute approximate surface area is 98.6 Å². The van der Waals surface area contributed by atoms with Gasteiger partial charge >= 0.3 is 0 Å². The average Bonchev–Trinajstić information content (AvgIpc) is 2.58. The summed E-state index contributed by atoms with van der Waals surface area (Å²) in [4.78, 5) is 2.16. The molecule has 0 amide bonds. The molecule has 1 aromatic rings. The highest BCUT2D eigenvalue weighted by Gasteiger charge is 2.09. The van der Waals surface area contributed by atoms with Crippen molar-refractivity contribution in [3.8, 4) is 0 Å². The highest BCUT2D eigenvalue weighted by atomic mass is 15.3. The molecule has 1 rings (SSSR count). The first-order valence-corrected chi connectivity index (χ1v) is 5.78. The first-order valence-electron chi connectivity index (χ1n) is 5.78. The summed E-state index contributed by atoms with van der Waals surface area (Å²) in [6, 6.07) is 0. The second kappa shape index (κ2) is 5.34. The largest absolute Gasteiger partial charge is 0.382 e. The molecule has 1 aromatic heterocycles. The fraction of sp³-hybridized carbons (Fsp3) is 0.750. The van der Waals surface area contributed by atoms with Crippen LogP contribution in [0, 0.1) is 5.41 Å². The van der Waals surface area contributed by atoms with E-state index in [1.165, 1.54) is 0 Å². The second-order valence-electron chi connectivity index (χ2n) is 5.71. The maximum Gasteiger partial charge on any atom is 0.0726 e. The van der Waals surface area contributed by atoms with E-state index >= 15 is 0 Å². The highest BCUT2D eigenvalue weighted by molar-refractivity contribution is 5.38. The molecule has 1 N–H and O–H groups in total. The lowest BCUT2D eigenvalue weighted by atomic mass is 9.97. The summed E-state index contributed by atoms with van der Waals surface area (Å²) in [6.07, 6.45) is 3.96. The van der Waals surface area contributed by atoms with Crippen molar-refractivity contribution >= 4 is 5.69 Å². The predicted octanol–water partition coefficient (Wildman–Crippen LogP) is 1.90. The van der Waals surface area contributed by atoms with Gasteiger partial charge in [0.15, 0.2) is 0 Å². The van der Waals surface area contributed by atoms with Crippen LogP contribution in [0.25, 0.3) is 0 Å². The zero-order chi connectivity index (χ0) is 12.2. The van der Waals surface area contributed by atoms with Gasteiger partial charge in [0, 0.05) is 19.3 Å². The molecule has 0 bridgehead atoms. The first kappa shape index (κ1) is 13.0. The molecular weight excluding hydrogens is 200 g/mol. The standard InChI is InChI=1S/C12H24N4/c1-12(2,3)10-13-11-8-14-16(9-11)7-6-15(4)5/h8-9,13H,6-7,10H2,1-5H3. The molecule has 0 radical (unpaired) electrons. The van der Waals surface area contributed by atoms with Gasteiger partial charge in [-0.3, -0.25) is 4.68 Å². The van der Waals surface area contributed by atoms with Crippen molar-refractivity contribution in [2.45, 2.75) is 27.3 Å². The third kappa shape index (κ3) is 5.16. The van der Waals surface area contributed by atoms with Crippen molar-refractivity contribution in [3.63, 3.8) is 0 Å². The molecule has 1 heterocycles. The van der Waals surface area contributed by atoms with Crippen LogP contribution in [0.3, 0.4) is 0 Å². The van der Waals surface area contributed by atoms with E-state index in [4.69, 9.17) is 0 Å². The van der Waals surface area contributed by atoms with Gasteiger partial charge in [0.05, 0.1) is 18.4 Å². The van der Waals surface area contributed by atoms with Gasteiger partial charge in [-0.1, -0.05) is 20.8 Å². The fourth-order valence-electron chi connectivity index (χ4n) is 1.25. The summed E-state index contributed by atoms with van der Waals surface area (Å²) < 4.78 is 1.98. The number of nitrogens with zero attached hydrogens (tertiary/aromatic N) is 3. The van der Waals surface area contributed by atoms with Gasteiger partial charge in [-0.15, -0.1) is 0 Å². The molecule has 0 atom stereocenters. The summed E-state index contributed by atoms with van der Waals surface area (Å²) >= 11 is 0. The van der Waals surface area contributed by atoms with E-state index in [1.54, 1.807) is 0 Å². The van der Waals surface area contributed by atoms with Gasteiger partial charge in [0.2, 0.25) is 0 Å². The van der Waals surface area contributed by atoms with Crippen LogP contribution in [-0.4, -0.2) is 41.9 Å². The van der Waals surface area contributed by atoms with Crippen molar-refractivity contribution < 1.29 is 0 Å². The Morgan fingerprint density at radius 3 is 2.62 bits per heavy atom. The maximum absolute atomic E-state index is 4.32. The minimum absolute atomic E-state index is 0.297. The Hall–Kier alpha value is -1.03. The predicted molar refractivity (Wildman–Crippen MR) is 68.7 cm³/mol. The number of rotatable bonds is 5. The van der Waals surface area contributed by atoms with Crippen LogP contribution in [0.4, 0.5) is 5.69 Å². The molecule has 0 aliphatic carbocycles. The SMILES string of the molecule is CN(C)CCn1cc(NCC(C)(C)C)cn1. The topological polar surface area (TPSA) is 33.1 Å². The van der Waals surface area contributed by atoms with E-state index < -0.39 is 0 Å². The van der Waals surface area contributed by atoms with Crippen molar-refractivity contribution in [1.82, 2.24) is 14.7 Å². The van der Waals surface area contributed by atoms with Crippen LogP contribution < -0.4 is 5.32 Å². The van der Waals surface area contributed by atoms with Gasteiger partial charge < -0.3 is 10.2 Å². The van der Waals surface area contributed by atoms with Crippen molar-refractivity contribution in [3.05, 3.63) is 12.4 Å². The molecule has 4 nitrogen and oxygen atoms in total. The molecule has 16 heavy (non-hydrogen) atoms. The lowest BCUT2D eigenvalue weighted by molar-refractivity contribution is 0.373. The molecule has 0 unspecified atom stereocenters. The van der Waals surface area contributed by atoms with Crippen molar-refractivity contribution in [2.24, 2.45) is 5.41 Å². The van der Waals surface area contributed by atoms with Gasteiger partial charge in [-0.2, -0.15) is 5.10 Å². The Balaban J connectivity index is 2.39.